The summed E-state index contributed by atoms with van der Waals surface area (Å²) in [6.07, 6.45) is 1.31. The van der Waals surface area contributed by atoms with Crippen LogP contribution in [0.25, 0.3) is 16.5 Å². The first-order valence-electron chi connectivity index (χ1n) is 27.6. The number of aromatic nitrogens is 2. The molecule has 448 valence electrons. The third-order valence-corrected chi connectivity index (χ3v) is 14.9. The lowest BCUT2D eigenvalue weighted by Gasteiger charge is -2.35. The number of carbonyl (C=O) groups excluding carboxylic acids is 5. The van der Waals surface area contributed by atoms with E-state index < -0.39 is 53.4 Å². The molecule has 1 saturated carbocycles. The average molecular weight is 1170 g/mol. The zero-order valence-electron chi connectivity index (χ0n) is 47.4. The molecule has 82 heavy (non-hydrogen) atoms. The minimum Gasteiger partial charge on any atom is -0.495 e. The molecule has 5 N–H and O–H groups in total. The summed E-state index contributed by atoms with van der Waals surface area (Å²) in [5.74, 6) is -2.79. The highest BCUT2D eigenvalue weighted by atomic mass is 32.1. The van der Waals surface area contributed by atoms with E-state index in [0.29, 0.717) is 76.9 Å². The van der Waals surface area contributed by atoms with E-state index in [1.54, 1.807) is 35.1 Å². The zero-order chi connectivity index (χ0) is 59.1. The van der Waals surface area contributed by atoms with Crippen molar-refractivity contribution in [1.82, 2.24) is 36.1 Å². The Morgan fingerprint density at radius 3 is 2.04 bits per heavy atom. The first-order valence-corrected chi connectivity index (χ1v) is 28.5. The normalized spacial score (nSPS) is 17.8. The van der Waals surface area contributed by atoms with Crippen LogP contribution in [-0.2, 0) is 62.4 Å². The molecule has 1 saturated heterocycles. The zero-order valence-corrected chi connectivity index (χ0v) is 48.2. The standard InChI is InChI=1S/C59H78F3N7O12S/c1-39-53(82-38-67-39)44-14-10-41(11-15-44)33-66-56(74)49-32-47(70)36-69(49)57(75)54(58(2,3)4)68-52(72)37-81-28-27-80-26-25-79-24-23-78-22-21-77-20-19-63-51(71)30-42-7-6-8-43(29-42)34-65-55(73)48-31-45(50(76-5)35-64-48)16-9-40-12-17-46(18-13-40)59(60,61)62/h6-11,14-16,29,31,35,38,40,46-47,49,54,70H,12-13,17-28,30,32-34,36-37H2,1-5H3,(H,63,71)(H,65,73)(H,66,74)(H,68,72)/b16-9+/t40?,46?,47-,49+,54?/m1/s1. The van der Waals surface area contributed by atoms with Gasteiger partial charge in [0.2, 0.25) is 23.6 Å². The van der Waals surface area contributed by atoms with Crippen LogP contribution in [-0.4, -0.2) is 160 Å². The van der Waals surface area contributed by atoms with E-state index in [0.717, 1.165) is 32.8 Å². The first kappa shape index (κ1) is 64.8. The average Bonchev–Trinajstić information content (AvgIpc) is 4.22. The summed E-state index contributed by atoms with van der Waals surface area (Å²) in [5.41, 5.74) is 6.25. The molecule has 4 aromatic rings. The fourth-order valence-electron chi connectivity index (χ4n) is 9.42. The number of likely N-dealkylation sites (tertiary alicyclic amines) is 1. The van der Waals surface area contributed by atoms with Crippen LogP contribution < -0.4 is 26.0 Å². The number of aliphatic hydroxyl groups is 1. The van der Waals surface area contributed by atoms with Crippen molar-refractivity contribution in [3.05, 3.63) is 106 Å². The monoisotopic (exact) mass is 1170 g/mol. The lowest BCUT2D eigenvalue weighted by atomic mass is 9.81. The van der Waals surface area contributed by atoms with Gasteiger partial charge in [-0.2, -0.15) is 13.2 Å². The van der Waals surface area contributed by atoms with Crippen LogP contribution >= 0.6 is 11.3 Å². The minimum absolute atomic E-state index is 0.0000814. The number of nitrogens with zero attached hydrogens (tertiary/aromatic N) is 3. The molecule has 5 amide bonds. The molecule has 3 heterocycles. The van der Waals surface area contributed by atoms with Crippen molar-refractivity contribution >= 4 is 46.9 Å². The van der Waals surface area contributed by atoms with Gasteiger partial charge in [0.15, 0.2) is 0 Å². The quantitative estimate of drug-likeness (QED) is 0.0344. The number of methoxy groups -OCH3 is 1. The number of hydrogen-bond acceptors (Lipinski definition) is 15. The number of amides is 5. The maximum atomic E-state index is 13.9. The molecule has 0 radical (unpaired) electrons. The molecular formula is C59H78F3N7O12S. The Hall–Kier alpha value is -6.34. The molecule has 1 unspecified atom stereocenters. The molecule has 0 bridgehead atoms. The number of benzene rings is 2. The summed E-state index contributed by atoms with van der Waals surface area (Å²) >= 11 is 1.56. The highest BCUT2D eigenvalue weighted by molar-refractivity contribution is 7.13. The molecule has 1 aliphatic heterocycles. The van der Waals surface area contributed by atoms with Gasteiger partial charge in [0.05, 0.1) is 107 Å². The van der Waals surface area contributed by atoms with Crippen LogP contribution in [0, 0.1) is 24.2 Å². The van der Waals surface area contributed by atoms with Crippen molar-refractivity contribution in [3.63, 3.8) is 0 Å². The van der Waals surface area contributed by atoms with Crippen LogP contribution in [0.3, 0.4) is 0 Å². The Bertz CT molecular complexity index is 2710. The van der Waals surface area contributed by atoms with Gasteiger partial charge in [-0.25, -0.2) is 9.97 Å². The highest BCUT2D eigenvalue weighted by Gasteiger charge is 2.45. The Morgan fingerprint density at radius 1 is 0.780 bits per heavy atom. The summed E-state index contributed by atoms with van der Waals surface area (Å²) < 4.78 is 72.4. The number of β-amino-alcohol motifs (C(OH)–C–C–N with tert-alkyl or cyclic N) is 1. The molecule has 3 atom stereocenters. The van der Waals surface area contributed by atoms with Gasteiger partial charge in [-0.15, -0.1) is 11.3 Å². The van der Waals surface area contributed by atoms with E-state index >= 15 is 0 Å². The number of hydrogen-bond donors (Lipinski definition) is 5. The Labute approximate surface area is 481 Å². The third-order valence-electron chi connectivity index (χ3n) is 13.9. The van der Waals surface area contributed by atoms with Crippen LogP contribution in [0.2, 0.25) is 0 Å². The summed E-state index contributed by atoms with van der Waals surface area (Å²) in [4.78, 5) is 77.0. The lowest BCUT2D eigenvalue weighted by molar-refractivity contribution is -0.183. The van der Waals surface area contributed by atoms with Crippen molar-refractivity contribution in [2.75, 3.05) is 86.3 Å². The smallest absolute Gasteiger partial charge is 0.391 e. The molecular weight excluding hydrogens is 1090 g/mol. The van der Waals surface area contributed by atoms with Gasteiger partial charge >= 0.3 is 6.18 Å². The molecule has 2 aliphatic rings. The molecule has 0 spiro atoms. The van der Waals surface area contributed by atoms with Crippen LogP contribution in [0.1, 0.15) is 91.3 Å². The lowest BCUT2D eigenvalue weighted by Crippen LogP contribution is -2.58. The number of aryl methyl sites for hydroxylation is 1. The van der Waals surface area contributed by atoms with Gasteiger partial charge in [-0.1, -0.05) is 81.5 Å². The van der Waals surface area contributed by atoms with Gasteiger partial charge in [0.1, 0.15) is 30.1 Å². The van der Waals surface area contributed by atoms with Crippen molar-refractivity contribution in [3.8, 4) is 16.2 Å². The van der Waals surface area contributed by atoms with E-state index in [9.17, 15) is 42.3 Å². The third kappa shape index (κ3) is 21.1. The SMILES string of the molecule is COc1cnc(C(=O)NCc2cccc(CC(=O)NCCOCCOCCOCCOCCOCC(=O)NC(C(=O)N3C[C@H](O)C[C@H]3C(=O)NCc3ccc(-c4scnc4C)cc3)C(C)(C)C)c2)cc1/C=C/C1CCC(C(F)(F)F)CC1. The molecule has 6 rings (SSSR count). The van der Waals surface area contributed by atoms with Gasteiger partial charge in [0.25, 0.3) is 5.91 Å². The fourth-order valence-corrected chi connectivity index (χ4v) is 10.2. The number of pyridine rings is 1. The molecule has 1 aliphatic carbocycles. The molecule has 23 heteroatoms. The number of carbonyl (C=O) groups is 5. The minimum atomic E-state index is -4.17. The predicted molar refractivity (Wildman–Crippen MR) is 301 cm³/mol. The fraction of sp³-hybridized carbons (Fsp3) is 0.542. The second-order valence-corrected chi connectivity index (χ2v) is 22.2. The van der Waals surface area contributed by atoms with E-state index in [1.165, 1.54) is 18.2 Å². The van der Waals surface area contributed by atoms with Gasteiger partial charge < -0.3 is 59.7 Å². The van der Waals surface area contributed by atoms with Crippen molar-refractivity contribution in [1.29, 1.82) is 0 Å². The summed E-state index contributed by atoms with van der Waals surface area (Å²) in [6, 6.07) is 14.8. The number of halogens is 3. The number of thiazole rings is 1. The second-order valence-electron chi connectivity index (χ2n) is 21.3. The van der Waals surface area contributed by atoms with Crippen molar-refractivity contribution in [2.24, 2.45) is 17.3 Å². The predicted octanol–water partition coefficient (Wildman–Crippen LogP) is 6.38. The van der Waals surface area contributed by atoms with Crippen molar-refractivity contribution in [2.45, 2.75) is 104 Å². The Kier molecular flexibility index (Phi) is 25.7. The number of alkyl halides is 3. The maximum absolute atomic E-state index is 13.9. The number of allylic oxidation sites excluding steroid dienone is 1. The number of nitrogens with one attached hydrogen (secondary N) is 4. The highest BCUT2D eigenvalue weighted by Crippen LogP contribution is 2.40. The van der Waals surface area contributed by atoms with Crippen molar-refractivity contribution < 1.29 is 70.7 Å². The summed E-state index contributed by atoms with van der Waals surface area (Å²) in [5, 5.41) is 21.9. The van der Waals surface area contributed by atoms with Crippen LogP contribution in [0.4, 0.5) is 13.2 Å². The number of ether oxygens (including phenoxy) is 6. The summed E-state index contributed by atoms with van der Waals surface area (Å²) in [6.45, 7) is 10.4. The van der Waals surface area contributed by atoms with Gasteiger partial charge in [-0.3, -0.25) is 24.0 Å². The second kappa shape index (κ2) is 32.5. The molecule has 2 aromatic carbocycles. The molecule has 2 aromatic heterocycles. The largest absolute Gasteiger partial charge is 0.495 e. The summed E-state index contributed by atoms with van der Waals surface area (Å²) in [7, 11) is 1.48. The van der Waals surface area contributed by atoms with E-state index in [2.05, 4.69) is 31.2 Å². The Balaban J connectivity index is 0.753. The Morgan fingerprint density at radius 2 is 1.41 bits per heavy atom. The van der Waals surface area contributed by atoms with E-state index in [1.807, 2.05) is 76.2 Å². The first-order chi connectivity index (χ1) is 39.3. The van der Waals surface area contributed by atoms with Crippen LogP contribution in [0.15, 0.2) is 72.4 Å². The number of aliphatic hydroxyl groups excluding tert-OH is 1. The van der Waals surface area contributed by atoms with Crippen LogP contribution in [0.5, 0.6) is 5.75 Å². The topological polar surface area (TPSA) is 238 Å². The van der Waals surface area contributed by atoms with Gasteiger partial charge in [-0.05, 0) is 72.3 Å². The van der Waals surface area contributed by atoms with E-state index in [4.69, 9.17) is 28.4 Å². The van der Waals surface area contributed by atoms with E-state index in [-0.39, 0.29) is 88.6 Å². The maximum Gasteiger partial charge on any atom is 0.391 e. The number of rotatable bonds is 31. The molecule has 19 nitrogen and oxygen atoms in total. The molecule has 2 fully saturated rings. The van der Waals surface area contributed by atoms with Gasteiger partial charge in [0, 0.05) is 38.2 Å².